The molecule has 3 heteroatoms. The predicted octanol–water partition coefficient (Wildman–Crippen LogP) is 1.71. The van der Waals surface area contributed by atoms with E-state index in [1.165, 1.54) is 0 Å². The van der Waals surface area contributed by atoms with Crippen LogP contribution in [0.1, 0.15) is 27.3 Å². The van der Waals surface area contributed by atoms with Gasteiger partial charge in [-0.05, 0) is 32.4 Å². The van der Waals surface area contributed by atoms with Crippen LogP contribution >= 0.6 is 0 Å². The molecule has 3 nitrogen and oxygen atoms in total. The minimum Gasteiger partial charge on any atom is -0.478 e. The second-order valence-corrected chi connectivity index (χ2v) is 2.83. The number of rotatable bonds is 1. The molecule has 1 rings (SSSR count). The largest absolute Gasteiger partial charge is 0.478 e. The van der Waals surface area contributed by atoms with Crippen LogP contribution in [0.15, 0.2) is 6.07 Å². The van der Waals surface area contributed by atoms with E-state index in [0.29, 0.717) is 5.69 Å². The van der Waals surface area contributed by atoms with Gasteiger partial charge in [0, 0.05) is 5.69 Å². The smallest absolute Gasteiger partial charge is 0.337 e. The molecule has 0 fully saturated rings. The van der Waals surface area contributed by atoms with E-state index >= 15 is 0 Å². The van der Waals surface area contributed by atoms with Gasteiger partial charge in [-0.25, -0.2) is 4.79 Å². The van der Waals surface area contributed by atoms with Crippen LogP contribution in [0.25, 0.3) is 0 Å². The molecule has 0 aliphatic carbocycles. The van der Waals surface area contributed by atoms with Gasteiger partial charge in [0.2, 0.25) is 0 Å². The maximum atomic E-state index is 10.6. The summed E-state index contributed by atoms with van der Waals surface area (Å²) in [6.07, 6.45) is 0. The Morgan fingerprint density at radius 2 is 1.92 bits per heavy atom. The summed E-state index contributed by atoms with van der Waals surface area (Å²) >= 11 is 0. The van der Waals surface area contributed by atoms with Crippen molar-refractivity contribution in [1.82, 2.24) is 4.98 Å². The molecule has 1 heterocycles. The highest BCUT2D eigenvalue weighted by Crippen LogP contribution is 2.10. The lowest BCUT2D eigenvalue weighted by molar-refractivity contribution is 0.0695. The molecule has 0 aliphatic heterocycles. The van der Waals surface area contributed by atoms with Crippen molar-refractivity contribution in [2.24, 2.45) is 0 Å². The Morgan fingerprint density at radius 3 is 2.42 bits per heavy atom. The molecule has 1 aromatic heterocycles. The maximum absolute atomic E-state index is 10.6. The molecule has 0 saturated carbocycles. The third-order valence-corrected chi connectivity index (χ3v) is 1.89. The van der Waals surface area contributed by atoms with Gasteiger partial charge in [-0.1, -0.05) is 0 Å². The van der Waals surface area contributed by atoms with Gasteiger partial charge in [-0.2, -0.15) is 0 Å². The Balaban J connectivity index is 3.33. The summed E-state index contributed by atoms with van der Waals surface area (Å²) < 4.78 is 0. The fourth-order valence-electron chi connectivity index (χ4n) is 1.04. The Bertz CT molecular complexity index is 332. The molecular formula is C9H11NO2. The third kappa shape index (κ3) is 1.44. The number of nitrogens with zero attached hydrogens (tertiary/aromatic N) is 1. The molecule has 1 N–H and O–H groups in total. The van der Waals surface area contributed by atoms with E-state index in [1.807, 2.05) is 13.8 Å². The van der Waals surface area contributed by atoms with Crippen molar-refractivity contribution in [2.75, 3.05) is 0 Å². The molecule has 12 heavy (non-hydrogen) atoms. The molecule has 1 aromatic rings. The SMILES string of the molecule is Cc1cc(C(=O)O)c(C)nc1C. The van der Waals surface area contributed by atoms with Crippen molar-refractivity contribution in [2.45, 2.75) is 20.8 Å². The molecule has 0 amide bonds. The van der Waals surface area contributed by atoms with E-state index < -0.39 is 5.97 Å². The van der Waals surface area contributed by atoms with Crippen LogP contribution < -0.4 is 0 Å². The van der Waals surface area contributed by atoms with Crippen molar-refractivity contribution in [1.29, 1.82) is 0 Å². The molecule has 0 spiro atoms. The highest BCUT2D eigenvalue weighted by Gasteiger charge is 2.09. The maximum Gasteiger partial charge on any atom is 0.337 e. The second kappa shape index (κ2) is 2.93. The predicted molar refractivity (Wildman–Crippen MR) is 45.4 cm³/mol. The number of aromatic carboxylic acids is 1. The van der Waals surface area contributed by atoms with Crippen LogP contribution in [0.4, 0.5) is 0 Å². The van der Waals surface area contributed by atoms with Crippen molar-refractivity contribution in [3.63, 3.8) is 0 Å². The molecule has 0 aromatic carbocycles. The van der Waals surface area contributed by atoms with Crippen LogP contribution in [0.5, 0.6) is 0 Å². The summed E-state index contributed by atoms with van der Waals surface area (Å²) in [5.41, 5.74) is 2.67. The van der Waals surface area contributed by atoms with Gasteiger partial charge in [-0.3, -0.25) is 4.98 Å². The third-order valence-electron chi connectivity index (χ3n) is 1.89. The van der Waals surface area contributed by atoms with Crippen molar-refractivity contribution in [3.8, 4) is 0 Å². The molecule has 64 valence electrons. The lowest BCUT2D eigenvalue weighted by atomic mass is 10.1. The Morgan fingerprint density at radius 1 is 1.33 bits per heavy atom. The van der Waals surface area contributed by atoms with Gasteiger partial charge < -0.3 is 5.11 Å². The average Bonchev–Trinajstić information content (AvgIpc) is 1.96. The van der Waals surface area contributed by atoms with Crippen LogP contribution in [-0.2, 0) is 0 Å². The molecule has 0 radical (unpaired) electrons. The highest BCUT2D eigenvalue weighted by atomic mass is 16.4. The first-order chi connectivity index (χ1) is 5.52. The lowest BCUT2D eigenvalue weighted by Gasteiger charge is -2.03. The summed E-state index contributed by atoms with van der Waals surface area (Å²) in [6.45, 7) is 5.43. The number of hydrogen-bond acceptors (Lipinski definition) is 2. The Kier molecular flexibility index (Phi) is 2.13. The Hall–Kier alpha value is -1.38. The standard InChI is InChI=1S/C9H11NO2/c1-5-4-8(9(11)12)7(3)10-6(5)2/h4H,1-3H3,(H,11,12). The fourth-order valence-corrected chi connectivity index (χ4v) is 1.04. The minimum atomic E-state index is -0.914. The quantitative estimate of drug-likeness (QED) is 0.689. The molecule has 0 bridgehead atoms. The van der Waals surface area contributed by atoms with Crippen LogP contribution in [0.3, 0.4) is 0 Å². The number of carboxylic acids is 1. The second-order valence-electron chi connectivity index (χ2n) is 2.83. The molecule has 0 saturated heterocycles. The monoisotopic (exact) mass is 165 g/mol. The van der Waals surface area contributed by atoms with Crippen LogP contribution in [0, 0.1) is 20.8 Å². The van der Waals surface area contributed by atoms with Gasteiger partial charge in [-0.15, -0.1) is 0 Å². The van der Waals surface area contributed by atoms with Gasteiger partial charge in [0.25, 0.3) is 0 Å². The molecular weight excluding hydrogens is 154 g/mol. The van der Waals surface area contributed by atoms with Gasteiger partial charge in [0.15, 0.2) is 0 Å². The first kappa shape index (κ1) is 8.71. The number of carboxylic acid groups (broad SMARTS) is 1. The van der Waals surface area contributed by atoms with Crippen molar-refractivity contribution in [3.05, 3.63) is 28.6 Å². The zero-order chi connectivity index (χ0) is 9.30. The van der Waals surface area contributed by atoms with Gasteiger partial charge >= 0.3 is 5.97 Å². The van der Waals surface area contributed by atoms with Crippen molar-refractivity contribution >= 4 is 5.97 Å². The average molecular weight is 165 g/mol. The molecule has 0 aliphatic rings. The highest BCUT2D eigenvalue weighted by molar-refractivity contribution is 5.89. The topological polar surface area (TPSA) is 50.2 Å². The lowest BCUT2D eigenvalue weighted by Crippen LogP contribution is -2.04. The summed E-state index contributed by atoms with van der Waals surface area (Å²) in [5.74, 6) is -0.914. The number of aryl methyl sites for hydroxylation is 3. The number of hydrogen-bond donors (Lipinski definition) is 1. The number of carbonyl (C=O) groups is 1. The first-order valence-electron chi connectivity index (χ1n) is 3.70. The summed E-state index contributed by atoms with van der Waals surface area (Å²) in [7, 11) is 0. The normalized spacial score (nSPS) is 9.92. The van der Waals surface area contributed by atoms with E-state index in [-0.39, 0.29) is 5.56 Å². The van der Waals surface area contributed by atoms with E-state index in [2.05, 4.69) is 4.98 Å². The van der Waals surface area contributed by atoms with E-state index in [1.54, 1.807) is 13.0 Å². The zero-order valence-corrected chi connectivity index (χ0v) is 7.38. The zero-order valence-electron chi connectivity index (χ0n) is 7.38. The fraction of sp³-hybridized carbons (Fsp3) is 0.333. The number of aromatic nitrogens is 1. The van der Waals surface area contributed by atoms with E-state index in [9.17, 15) is 4.79 Å². The minimum absolute atomic E-state index is 0.290. The van der Waals surface area contributed by atoms with E-state index in [4.69, 9.17) is 5.11 Å². The van der Waals surface area contributed by atoms with Gasteiger partial charge in [0.05, 0.1) is 11.3 Å². The van der Waals surface area contributed by atoms with Crippen LogP contribution in [-0.4, -0.2) is 16.1 Å². The first-order valence-corrected chi connectivity index (χ1v) is 3.70. The van der Waals surface area contributed by atoms with Crippen molar-refractivity contribution < 1.29 is 9.90 Å². The van der Waals surface area contributed by atoms with Crippen LogP contribution in [0.2, 0.25) is 0 Å². The number of pyridine rings is 1. The summed E-state index contributed by atoms with van der Waals surface area (Å²) in [4.78, 5) is 14.8. The summed E-state index contributed by atoms with van der Waals surface area (Å²) in [5, 5.41) is 8.74. The summed E-state index contributed by atoms with van der Waals surface area (Å²) in [6, 6.07) is 1.65. The molecule has 0 unspecified atom stereocenters. The van der Waals surface area contributed by atoms with Gasteiger partial charge in [0.1, 0.15) is 0 Å². The molecule has 0 atom stereocenters. The Labute approximate surface area is 71.1 Å². The van der Waals surface area contributed by atoms with E-state index in [0.717, 1.165) is 11.3 Å².